The van der Waals surface area contributed by atoms with Crippen molar-refractivity contribution in [2.24, 2.45) is 5.92 Å². The molecule has 0 aliphatic carbocycles. The highest BCUT2D eigenvalue weighted by Crippen LogP contribution is 2.16. The lowest BCUT2D eigenvalue weighted by Crippen LogP contribution is -2.14. The van der Waals surface area contributed by atoms with Crippen LogP contribution in [0.2, 0.25) is 0 Å². The zero-order valence-corrected chi connectivity index (χ0v) is 15.5. The number of carbonyl (C=O) groups is 2. The van der Waals surface area contributed by atoms with Crippen molar-refractivity contribution in [2.75, 3.05) is 25.6 Å². The zero-order chi connectivity index (χ0) is 18.5. The van der Waals surface area contributed by atoms with Gasteiger partial charge in [0.2, 0.25) is 0 Å². The summed E-state index contributed by atoms with van der Waals surface area (Å²) in [6.07, 6.45) is 4.59. The minimum Gasteiger partial charge on any atom is -0.481 e. The van der Waals surface area contributed by atoms with Gasteiger partial charge in [-0.1, -0.05) is 33.1 Å². The third kappa shape index (κ3) is 9.87. The Hall–Kier alpha value is -2.04. The number of hydrogen-bond donors (Lipinski definition) is 1. The molecule has 1 aromatic rings. The molecule has 24 heavy (non-hydrogen) atoms. The fraction of sp³-hybridized carbons (Fsp3) is 0.579. The molecule has 0 amide bonds. The Morgan fingerprint density at radius 1 is 1.17 bits per heavy atom. The number of nitrogens with zero attached hydrogens (tertiary/aromatic N) is 1. The molecule has 0 bridgehead atoms. The van der Waals surface area contributed by atoms with Gasteiger partial charge in [0.15, 0.2) is 0 Å². The molecule has 1 unspecified atom stereocenters. The molecule has 5 heteroatoms. The van der Waals surface area contributed by atoms with Crippen LogP contribution in [0, 0.1) is 5.92 Å². The average molecular weight is 337 g/mol. The van der Waals surface area contributed by atoms with E-state index in [4.69, 9.17) is 14.6 Å². The minimum absolute atomic E-state index is 0.217. The zero-order valence-electron chi connectivity index (χ0n) is 15.5. The second-order valence-electron chi connectivity index (χ2n) is 5.98. The Bertz CT molecular complexity index is 479. The number of ether oxygens (including phenoxy) is 1. The predicted octanol–water partition coefficient (Wildman–Crippen LogP) is 4.22. The quantitative estimate of drug-likeness (QED) is 0.720. The maximum atomic E-state index is 12.0. The highest BCUT2D eigenvalue weighted by Gasteiger charge is 2.12. The van der Waals surface area contributed by atoms with Crippen LogP contribution >= 0.6 is 0 Å². The van der Waals surface area contributed by atoms with E-state index < -0.39 is 5.97 Å². The van der Waals surface area contributed by atoms with Gasteiger partial charge in [-0.15, -0.1) is 0 Å². The van der Waals surface area contributed by atoms with Crippen LogP contribution in [0.1, 0.15) is 56.8 Å². The number of carboxylic acid groups (broad SMARTS) is 1. The second kappa shape index (κ2) is 12.4. The number of unbranched alkanes of at least 4 members (excludes halogenated alkanes) is 1. The molecule has 0 aliphatic rings. The molecule has 5 nitrogen and oxygen atoms in total. The van der Waals surface area contributed by atoms with Gasteiger partial charge in [-0.2, -0.15) is 0 Å². The van der Waals surface area contributed by atoms with Crippen molar-refractivity contribution in [1.82, 2.24) is 0 Å². The molecule has 0 heterocycles. The molecular weight excluding hydrogens is 306 g/mol. The van der Waals surface area contributed by atoms with E-state index in [0.717, 1.165) is 25.5 Å². The second-order valence-corrected chi connectivity index (χ2v) is 5.98. The van der Waals surface area contributed by atoms with Gasteiger partial charge in [-0.25, -0.2) is 4.79 Å². The summed E-state index contributed by atoms with van der Waals surface area (Å²) >= 11 is 0. The van der Waals surface area contributed by atoms with Crippen LogP contribution in [0.25, 0.3) is 0 Å². The Morgan fingerprint density at radius 3 is 2.12 bits per heavy atom. The van der Waals surface area contributed by atoms with E-state index in [-0.39, 0.29) is 5.97 Å². The molecule has 0 fully saturated rings. The molecule has 0 aliphatic heterocycles. The molecule has 0 aromatic heterocycles. The van der Waals surface area contributed by atoms with Crippen LogP contribution in [0.4, 0.5) is 5.69 Å². The van der Waals surface area contributed by atoms with E-state index in [1.807, 2.05) is 43.3 Å². The smallest absolute Gasteiger partial charge is 0.338 e. The van der Waals surface area contributed by atoms with E-state index in [0.29, 0.717) is 18.1 Å². The summed E-state index contributed by atoms with van der Waals surface area (Å²) in [7, 11) is 3.96. The van der Waals surface area contributed by atoms with Crippen molar-refractivity contribution >= 4 is 17.6 Å². The first-order chi connectivity index (χ1) is 11.3. The van der Waals surface area contributed by atoms with Gasteiger partial charge >= 0.3 is 5.97 Å². The van der Waals surface area contributed by atoms with Crippen molar-refractivity contribution < 1.29 is 19.4 Å². The Kier molecular flexibility index (Phi) is 11.3. The Balaban J connectivity index is 0.00000118. The van der Waals surface area contributed by atoms with Crippen molar-refractivity contribution in [2.45, 2.75) is 46.5 Å². The third-order valence-electron chi connectivity index (χ3n) is 3.61. The van der Waals surface area contributed by atoms with Crippen LogP contribution in [0.3, 0.4) is 0 Å². The number of anilines is 1. The van der Waals surface area contributed by atoms with E-state index in [1.165, 1.54) is 12.8 Å². The summed E-state index contributed by atoms with van der Waals surface area (Å²) in [6, 6.07) is 7.52. The molecule has 0 saturated heterocycles. The Labute approximate surface area is 145 Å². The van der Waals surface area contributed by atoms with Gasteiger partial charge in [0, 0.05) is 26.7 Å². The van der Waals surface area contributed by atoms with E-state index in [2.05, 4.69) is 13.8 Å². The van der Waals surface area contributed by atoms with E-state index >= 15 is 0 Å². The van der Waals surface area contributed by atoms with Crippen molar-refractivity contribution in [1.29, 1.82) is 0 Å². The van der Waals surface area contributed by atoms with Crippen molar-refractivity contribution in [3.63, 3.8) is 0 Å². The number of aliphatic carboxylic acids is 1. The largest absolute Gasteiger partial charge is 0.481 e. The monoisotopic (exact) mass is 337 g/mol. The summed E-state index contributed by atoms with van der Waals surface area (Å²) in [5, 5.41) is 7.42. The van der Waals surface area contributed by atoms with E-state index in [9.17, 15) is 4.79 Å². The molecular formula is C19H31NO4. The molecule has 1 atom stereocenters. The number of esters is 1. The summed E-state index contributed by atoms with van der Waals surface area (Å²) < 4.78 is 5.43. The first kappa shape index (κ1) is 22.0. The molecule has 0 saturated carbocycles. The van der Waals surface area contributed by atoms with Gasteiger partial charge in [-0.3, -0.25) is 4.79 Å². The summed E-state index contributed by atoms with van der Waals surface area (Å²) in [5.74, 6) is -0.565. The van der Waals surface area contributed by atoms with Crippen LogP contribution in [0.15, 0.2) is 24.3 Å². The highest BCUT2D eigenvalue weighted by molar-refractivity contribution is 5.89. The standard InChI is InChI=1S/C17H27NO2.C2H4O2/c1-5-7-8-14(6-2)13-20-17(19)15-9-11-16(12-10-15)18(3)4;1-2(3)4/h9-12,14H,5-8,13H2,1-4H3;1H3,(H,3,4). The number of carbonyl (C=O) groups excluding carboxylic acids is 1. The van der Waals surface area contributed by atoms with Gasteiger partial charge in [-0.05, 0) is 36.6 Å². The number of carboxylic acids is 1. The maximum Gasteiger partial charge on any atom is 0.338 e. The normalized spacial score (nSPS) is 11.0. The fourth-order valence-corrected chi connectivity index (χ4v) is 2.07. The van der Waals surface area contributed by atoms with Crippen molar-refractivity contribution in [3.05, 3.63) is 29.8 Å². The molecule has 136 valence electrons. The molecule has 1 N–H and O–H groups in total. The summed E-state index contributed by atoms with van der Waals surface area (Å²) in [6.45, 7) is 5.95. The van der Waals surface area contributed by atoms with Crippen LogP contribution in [-0.4, -0.2) is 37.7 Å². The first-order valence-corrected chi connectivity index (χ1v) is 8.45. The average Bonchev–Trinajstić information content (AvgIpc) is 2.54. The molecule has 0 radical (unpaired) electrons. The van der Waals surface area contributed by atoms with E-state index in [1.54, 1.807) is 0 Å². The van der Waals surface area contributed by atoms with Crippen LogP contribution in [-0.2, 0) is 9.53 Å². The first-order valence-electron chi connectivity index (χ1n) is 8.45. The van der Waals surface area contributed by atoms with Gasteiger partial charge < -0.3 is 14.7 Å². The molecule has 1 rings (SSSR count). The fourth-order valence-electron chi connectivity index (χ4n) is 2.07. The maximum absolute atomic E-state index is 12.0. The lowest BCUT2D eigenvalue weighted by molar-refractivity contribution is -0.134. The molecule has 0 spiro atoms. The van der Waals surface area contributed by atoms with Crippen molar-refractivity contribution in [3.8, 4) is 0 Å². The van der Waals surface area contributed by atoms with Gasteiger partial charge in [0.25, 0.3) is 5.97 Å². The lowest BCUT2D eigenvalue weighted by atomic mass is 10.0. The van der Waals surface area contributed by atoms with Crippen LogP contribution < -0.4 is 4.90 Å². The SMILES string of the molecule is CC(=O)O.CCCCC(CC)COC(=O)c1ccc(N(C)C)cc1. The van der Waals surface area contributed by atoms with Gasteiger partial charge in [0.1, 0.15) is 0 Å². The number of rotatable bonds is 8. The van der Waals surface area contributed by atoms with Crippen LogP contribution in [0.5, 0.6) is 0 Å². The Morgan fingerprint density at radius 2 is 1.71 bits per heavy atom. The topological polar surface area (TPSA) is 66.8 Å². The lowest BCUT2D eigenvalue weighted by Gasteiger charge is -2.15. The van der Waals surface area contributed by atoms with Gasteiger partial charge in [0.05, 0.1) is 12.2 Å². The highest BCUT2D eigenvalue weighted by atomic mass is 16.5. The number of benzene rings is 1. The number of hydrogen-bond acceptors (Lipinski definition) is 4. The predicted molar refractivity (Wildman–Crippen MR) is 97.7 cm³/mol. The summed E-state index contributed by atoms with van der Waals surface area (Å²) in [4.78, 5) is 23.0. The minimum atomic E-state index is -0.833. The third-order valence-corrected chi connectivity index (χ3v) is 3.61. The molecule has 1 aromatic carbocycles. The summed E-state index contributed by atoms with van der Waals surface area (Å²) in [5.41, 5.74) is 1.71.